The number of carbonyl (C=O) groups excluding carboxylic acids is 3. The van der Waals surface area contributed by atoms with Gasteiger partial charge in [-0.1, -0.05) is 60.1 Å². The number of fused-ring (bicyclic) bond motifs is 7. The van der Waals surface area contributed by atoms with Crippen LogP contribution >= 0.6 is 0 Å². The summed E-state index contributed by atoms with van der Waals surface area (Å²) in [6.45, 7) is 13.3. The zero-order valence-electron chi connectivity index (χ0n) is 54.8. The number of hydrogen-bond acceptors (Lipinski definition) is 31. The standard InChI is InChI=1S/C63H98O32/c1-23(67)85-31-21-84-56(46(87-25(3)69)42(31)86-24(2)68)95-51-50(80)58(4,5)17-27-26-11-12-33-60(8)15-14-34(59(6,7)32(60)13-16-61(33,9)62(26,10)48(78)49(79)63(27,51)22-66)90-57-47(94-55-41(77)38(74)36(72)29(18-64)88-55)44(91-53-39(75)35(71)28(70)20-83-53)43(45(93-57)52(81)82)92-54-40(76)37(73)30(19-65)89-54/h11,27-51,53-57,64-66,70-80H,12-22H2,1-10H3,(H,81,82)/t27-,28-,29+,30-,31-,32-,33+,34-,35-,36+,37-,38-,39+,40+,41+,42-,43-,44-,45-,46+,47+,48-,49+,50-,51-,53-,54-,55-,56-,57+,60-,61+,62-,63-/m0/s1. The quantitative estimate of drug-likeness (QED) is 0.0285. The highest BCUT2D eigenvalue weighted by molar-refractivity contribution is 5.73. The van der Waals surface area contributed by atoms with E-state index in [0.29, 0.717) is 31.3 Å². The lowest BCUT2D eigenvalue weighted by molar-refractivity contribution is -0.401. The summed E-state index contributed by atoms with van der Waals surface area (Å²) < 4.78 is 78.8. The van der Waals surface area contributed by atoms with E-state index < -0.39 is 261 Å². The summed E-state index contributed by atoms with van der Waals surface area (Å²) >= 11 is 0. The molecule has 0 spiro atoms. The van der Waals surface area contributed by atoms with Crippen molar-refractivity contribution in [1.29, 1.82) is 0 Å². The first-order valence-electron chi connectivity index (χ1n) is 32.6. The minimum atomic E-state index is -2.21. The van der Waals surface area contributed by atoms with Crippen LogP contribution in [0, 0.1) is 50.2 Å². The van der Waals surface area contributed by atoms with Gasteiger partial charge >= 0.3 is 23.9 Å². The number of allylic oxidation sites excluding steroid dienone is 1. The molecule has 4 saturated carbocycles. The number of aliphatic carboxylic acids is 1. The van der Waals surface area contributed by atoms with Gasteiger partial charge in [0.1, 0.15) is 79.4 Å². The topological polar surface area (TPSA) is 492 Å². The van der Waals surface area contributed by atoms with E-state index in [9.17, 15) is 95.8 Å². The molecule has 9 fully saturated rings. The molecule has 10 aliphatic rings. The number of carboxylic acids is 1. The SMILES string of the molecule is CC(=O)O[C@@H]1[C@@H](OC(C)=O)[C@H](O[C@H]2[C@H](O)C(C)(C)C[C@H]3C4=CC[C@@H]5[C@@]6(C)CC[C@H](O[C@@H]7O[C@H](C(=O)O)[C@@H](O[C@@H]8O[C@@H](CO)[C@H](O)[C@H]8O)[C@H](O[C@@H]8OC[C@H](O)[C@H](O)[C@H]8O)[C@H]7O[C@@H]7O[C@H](CO)[C@@H](O)[C@H](O)[C@H]7O)C(C)(C)[C@@H]6CC[C@@]5(C)[C@]4(C)[C@@H](O)[C@@H](O)[C@]32CO)OC[C@@H]1OC(C)=O. The van der Waals surface area contributed by atoms with E-state index in [1.54, 1.807) is 13.8 Å². The van der Waals surface area contributed by atoms with Crippen LogP contribution in [0.5, 0.6) is 0 Å². The van der Waals surface area contributed by atoms with E-state index in [1.165, 1.54) is 0 Å². The normalized spacial score (nSPS) is 50.9. The largest absolute Gasteiger partial charge is 0.479 e. The smallest absolute Gasteiger partial charge is 0.335 e. The first-order chi connectivity index (χ1) is 44.4. The second-order valence-corrected chi connectivity index (χ2v) is 29.8. The highest BCUT2D eigenvalue weighted by atomic mass is 16.8. The Hall–Kier alpha value is -3.34. The summed E-state index contributed by atoms with van der Waals surface area (Å²) in [5.41, 5.74) is -5.87. The fourth-order valence-electron chi connectivity index (χ4n) is 18.6. The summed E-state index contributed by atoms with van der Waals surface area (Å²) in [4.78, 5) is 51.2. The lowest BCUT2D eigenvalue weighted by atomic mass is 9.32. The maximum Gasteiger partial charge on any atom is 0.335 e. The maximum absolute atomic E-state index is 13.6. The average Bonchev–Trinajstić information content (AvgIpc) is 0.871. The van der Waals surface area contributed by atoms with Gasteiger partial charge in [0.15, 0.2) is 55.9 Å². The summed E-state index contributed by atoms with van der Waals surface area (Å²) in [5, 5.41) is 170. The van der Waals surface area contributed by atoms with E-state index in [2.05, 4.69) is 19.9 Å². The van der Waals surface area contributed by atoms with Crippen molar-refractivity contribution in [2.45, 2.75) is 273 Å². The first-order valence-corrected chi connectivity index (χ1v) is 32.6. The van der Waals surface area contributed by atoms with E-state index in [4.69, 9.17) is 61.6 Å². The lowest BCUT2D eigenvalue weighted by Crippen LogP contribution is -2.76. The number of aliphatic hydroxyl groups is 14. The number of rotatable bonds is 17. The molecule has 542 valence electrons. The zero-order valence-corrected chi connectivity index (χ0v) is 54.8. The Labute approximate surface area is 548 Å². The molecule has 5 heterocycles. The Kier molecular flexibility index (Phi) is 21.6. The molecule has 32 nitrogen and oxygen atoms in total. The van der Waals surface area contributed by atoms with Gasteiger partial charge in [-0.05, 0) is 77.9 Å². The zero-order chi connectivity index (χ0) is 69.9. The van der Waals surface area contributed by atoms with E-state index >= 15 is 0 Å². The number of ether oxygens (including phenoxy) is 13. The molecule has 0 aromatic heterocycles. The molecule has 34 atom stereocenters. The monoisotopic (exact) mass is 1370 g/mol. The third-order valence-electron chi connectivity index (χ3n) is 23.7. The molecule has 0 amide bonds. The number of carboxylic acid groups (broad SMARTS) is 1. The van der Waals surface area contributed by atoms with Crippen LogP contribution in [0.3, 0.4) is 0 Å². The van der Waals surface area contributed by atoms with Crippen LogP contribution in [-0.4, -0.2) is 299 Å². The minimum absolute atomic E-state index is 0.171. The molecule has 5 saturated heterocycles. The van der Waals surface area contributed by atoms with Crippen molar-refractivity contribution >= 4 is 23.9 Å². The molecule has 5 aliphatic heterocycles. The van der Waals surface area contributed by atoms with Crippen LogP contribution in [0.4, 0.5) is 0 Å². The van der Waals surface area contributed by atoms with Crippen LogP contribution in [0.15, 0.2) is 11.6 Å². The highest BCUT2D eigenvalue weighted by Gasteiger charge is 2.76. The maximum atomic E-state index is 13.6. The van der Waals surface area contributed by atoms with E-state index in [0.717, 1.165) is 20.8 Å². The molecule has 0 unspecified atom stereocenters. The van der Waals surface area contributed by atoms with Crippen molar-refractivity contribution in [2.24, 2.45) is 50.2 Å². The third kappa shape index (κ3) is 12.5. The van der Waals surface area contributed by atoms with Crippen LogP contribution < -0.4 is 0 Å². The highest BCUT2D eigenvalue weighted by Crippen LogP contribution is 2.76. The fraction of sp³-hybridized carbons (Fsp3) is 0.905. The summed E-state index contributed by atoms with van der Waals surface area (Å²) in [6.07, 6.45) is -43.9. The van der Waals surface area contributed by atoms with Crippen molar-refractivity contribution in [2.75, 3.05) is 33.0 Å². The van der Waals surface area contributed by atoms with Crippen molar-refractivity contribution < 1.29 is 157 Å². The lowest BCUT2D eigenvalue weighted by Gasteiger charge is -2.73. The van der Waals surface area contributed by atoms with Gasteiger partial charge in [0.2, 0.25) is 0 Å². The van der Waals surface area contributed by atoms with Gasteiger partial charge in [-0.3, -0.25) is 14.4 Å². The summed E-state index contributed by atoms with van der Waals surface area (Å²) in [7, 11) is 0. The minimum Gasteiger partial charge on any atom is -0.479 e. The Morgan fingerprint density at radius 1 is 0.537 bits per heavy atom. The molecule has 0 bridgehead atoms. The van der Waals surface area contributed by atoms with E-state index in [1.807, 2.05) is 20.8 Å². The Bertz CT molecular complexity index is 2790. The van der Waals surface area contributed by atoms with Gasteiger partial charge in [0.25, 0.3) is 0 Å². The number of esters is 3. The summed E-state index contributed by atoms with van der Waals surface area (Å²) in [6, 6.07) is 0. The van der Waals surface area contributed by atoms with Crippen LogP contribution in [0.1, 0.15) is 108 Å². The Balaban J connectivity index is 0.987. The predicted octanol–water partition coefficient (Wildman–Crippen LogP) is -4.13. The second-order valence-electron chi connectivity index (χ2n) is 29.8. The van der Waals surface area contributed by atoms with Gasteiger partial charge in [-0.25, -0.2) is 4.79 Å². The molecular weight excluding hydrogens is 1270 g/mol. The van der Waals surface area contributed by atoms with E-state index in [-0.39, 0.29) is 24.7 Å². The molecule has 5 aliphatic carbocycles. The van der Waals surface area contributed by atoms with Crippen LogP contribution in [0.25, 0.3) is 0 Å². The van der Waals surface area contributed by atoms with Crippen LogP contribution in [0.2, 0.25) is 0 Å². The van der Waals surface area contributed by atoms with Crippen LogP contribution in [-0.2, 0) is 80.8 Å². The Morgan fingerprint density at radius 2 is 1.09 bits per heavy atom. The molecule has 0 aromatic carbocycles. The Morgan fingerprint density at radius 3 is 1.68 bits per heavy atom. The van der Waals surface area contributed by atoms with Gasteiger partial charge in [-0.2, -0.15) is 0 Å². The molecular formula is C63H98O32. The van der Waals surface area contributed by atoms with Gasteiger partial charge in [0, 0.05) is 26.2 Å². The number of hydrogen-bond donors (Lipinski definition) is 15. The number of aliphatic hydroxyl groups excluding tert-OH is 14. The number of carbonyl (C=O) groups is 4. The average molecular weight is 1370 g/mol. The van der Waals surface area contributed by atoms with Gasteiger partial charge < -0.3 is 138 Å². The van der Waals surface area contributed by atoms with Gasteiger partial charge in [0.05, 0.1) is 69.0 Å². The molecule has 0 radical (unpaired) electrons. The second kappa shape index (κ2) is 27.5. The molecule has 10 rings (SSSR count). The van der Waals surface area contributed by atoms with Crippen molar-refractivity contribution in [3.8, 4) is 0 Å². The third-order valence-corrected chi connectivity index (χ3v) is 23.7. The van der Waals surface area contributed by atoms with Crippen molar-refractivity contribution in [3.05, 3.63) is 11.6 Å². The first kappa shape index (κ1) is 74.4. The molecule has 95 heavy (non-hydrogen) atoms. The van der Waals surface area contributed by atoms with Crippen molar-refractivity contribution in [3.63, 3.8) is 0 Å². The van der Waals surface area contributed by atoms with Gasteiger partial charge in [-0.15, -0.1) is 0 Å². The molecule has 0 aromatic rings. The molecule has 32 heteroatoms. The predicted molar refractivity (Wildman–Crippen MR) is 312 cm³/mol. The van der Waals surface area contributed by atoms with Crippen molar-refractivity contribution in [1.82, 2.24) is 0 Å². The fourth-order valence-corrected chi connectivity index (χ4v) is 18.6. The molecule has 15 N–H and O–H groups in total. The summed E-state index contributed by atoms with van der Waals surface area (Å²) in [5.74, 6) is -5.54.